The summed E-state index contributed by atoms with van der Waals surface area (Å²) in [6, 6.07) is 11.7. The van der Waals surface area contributed by atoms with E-state index in [0.29, 0.717) is 18.0 Å². The van der Waals surface area contributed by atoms with Crippen LogP contribution in [0.3, 0.4) is 0 Å². The molecular formula is C16H13N3O2S2. The number of aromatic nitrogens is 1. The number of thiazole rings is 1. The molecule has 2 aromatic heterocycles. The SMILES string of the molecule is O=C1CN(C(=O)c2ccc(-c3nc4ccccc4s3)s2)CCN1. The molecule has 0 spiro atoms. The maximum absolute atomic E-state index is 12.5. The third kappa shape index (κ3) is 2.73. The Kier molecular flexibility index (Phi) is 3.59. The number of nitrogens with one attached hydrogen (secondary N) is 1. The van der Waals surface area contributed by atoms with E-state index in [2.05, 4.69) is 10.3 Å². The average Bonchev–Trinajstić information content (AvgIpc) is 3.20. The van der Waals surface area contributed by atoms with Gasteiger partial charge in [0.25, 0.3) is 5.91 Å². The van der Waals surface area contributed by atoms with E-state index in [1.54, 1.807) is 16.2 Å². The molecular weight excluding hydrogens is 330 g/mol. The lowest BCUT2D eigenvalue weighted by atomic mass is 10.3. The monoisotopic (exact) mass is 343 g/mol. The van der Waals surface area contributed by atoms with Crippen LogP contribution in [0.2, 0.25) is 0 Å². The molecule has 0 aliphatic carbocycles. The number of amides is 2. The van der Waals surface area contributed by atoms with E-state index < -0.39 is 0 Å². The predicted molar refractivity (Wildman–Crippen MR) is 91.8 cm³/mol. The quantitative estimate of drug-likeness (QED) is 0.778. The third-order valence-corrected chi connectivity index (χ3v) is 5.93. The van der Waals surface area contributed by atoms with Gasteiger partial charge in [0.2, 0.25) is 5.91 Å². The van der Waals surface area contributed by atoms with E-state index in [0.717, 1.165) is 20.1 Å². The molecule has 0 radical (unpaired) electrons. The fourth-order valence-electron chi connectivity index (χ4n) is 2.51. The van der Waals surface area contributed by atoms with Gasteiger partial charge in [-0.1, -0.05) is 12.1 Å². The number of hydrogen-bond donors (Lipinski definition) is 1. The highest BCUT2D eigenvalue weighted by Crippen LogP contribution is 2.34. The molecule has 0 atom stereocenters. The highest BCUT2D eigenvalue weighted by Gasteiger charge is 2.23. The molecule has 0 unspecified atom stereocenters. The molecule has 4 rings (SSSR count). The van der Waals surface area contributed by atoms with Gasteiger partial charge >= 0.3 is 0 Å². The van der Waals surface area contributed by atoms with Crippen LogP contribution in [0.4, 0.5) is 0 Å². The van der Waals surface area contributed by atoms with Crippen molar-refractivity contribution < 1.29 is 9.59 Å². The Morgan fingerprint density at radius 1 is 1.17 bits per heavy atom. The van der Waals surface area contributed by atoms with Crippen molar-refractivity contribution in [2.75, 3.05) is 19.6 Å². The van der Waals surface area contributed by atoms with Gasteiger partial charge in [-0.05, 0) is 24.3 Å². The first-order chi connectivity index (χ1) is 11.2. The lowest BCUT2D eigenvalue weighted by Crippen LogP contribution is -2.49. The van der Waals surface area contributed by atoms with Gasteiger partial charge < -0.3 is 10.2 Å². The summed E-state index contributed by atoms with van der Waals surface area (Å²) < 4.78 is 1.14. The number of fused-ring (bicyclic) bond motifs is 1. The molecule has 1 aliphatic rings. The van der Waals surface area contributed by atoms with Crippen LogP contribution in [0.15, 0.2) is 36.4 Å². The Balaban J connectivity index is 1.61. The first kappa shape index (κ1) is 14.3. The van der Waals surface area contributed by atoms with Gasteiger partial charge in [0.05, 0.1) is 26.5 Å². The van der Waals surface area contributed by atoms with E-state index >= 15 is 0 Å². The first-order valence-electron chi connectivity index (χ1n) is 7.22. The number of benzene rings is 1. The number of carbonyl (C=O) groups is 2. The number of piperazine rings is 1. The molecule has 1 aromatic carbocycles. The van der Waals surface area contributed by atoms with Crippen molar-refractivity contribution in [1.29, 1.82) is 0 Å². The summed E-state index contributed by atoms with van der Waals surface area (Å²) in [5, 5.41) is 3.65. The van der Waals surface area contributed by atoms with Crippen LogP contribution in [0.5, 0.6) is 0 Å². The molecule has 116 valence electrons. The zero-order valence-electron chi connectivity index (χ0n) is 12.1. The van der Waals surface area contributed by atoms with Crippen molar-refractivity contribution in [2.45, 2.75) is 0 Å². The van der Waals surface area contributed by atoms with Gasteiger partial charge in [0, 0.05) is 13.1 Å². The summed E-state index contributed by atoms with van der Waals surface area (Å²) in [4.78, 5) is 31.8. The Bertz CT molecular complexity index is 867. The largest absolute Gasteiger partial charge is 0.353 e. The minimum absolute atomic E-state index is 0.0859. The number of carbonyl (C=O) groups excluding carboxylic acids is 2. The zero-order valence-corrected chi connectivity index (χ0v) is 13.7. The van der Waals surface area contributed by atoms with E-state index in [-0.39, 0.29) is 18.4 Å². The van der Waals surface area contributed by atoms with Crippen molar-refractivity contribution in [3.8, 4) is 9.88 Å². The summed E-state index contributed by atoms with van der Waals surface area (Å²) in [6.07, 6.45) is 0. The number of nitrogens with zero attached hydrogens (tertiary/aromatic N) is 2. The lowest BCUT2D eigenvalue weighted by molar-refractivity contribution is -0.123. The zero-order chi connectivity index (χ0) is 15.8. The van der Waals surface area contributed by atoms with Crippen LogP contribution in [0.25, 0.3) is 20.1 Å². The first-order valence-corrected chi connectivity index (χ1v) is 8.86. The summed E-state index contributed by atoms with van der Waals surface area (Å²) in [6.45, 7) is 1.20. The number of para-hydroxylation sites is 1. The van der Waals surface area contributed by atoms with Crippen LogP contribution < -0.4 is 5.32 Å². The molecule has 1 aliphatic heterocycles. The predicted octanol–water partition coefficient (Wildman–Crippen LogP) is 2.60. The van der Waals surface area contributed by atoms with Crippen molar-refractivity contribution in [2.24, 2.45) is 0 Å². The van der Waals surface area contributed by atoms with Gasteiger partial charge in [0.15, 0.2) is 0 Å². The highest BCUT2D eigenvalue weighted by atomic mass is 32.1. The molecule has 3 aromatic rings. The van der Waals surface area contributed by atoms with E-state index in [1.807, 2.05) is 36.4 Å². The number of rotatable bonds is 2. The average molecular weight is 343 g/mol. The Labute approximate surface area is 140 Å². The molecule has 2 amide bonds. The maximum Gasteiger partial charge on any atom is 0.264 e. The van der Waals surface area contributed by atoms with E-state index in [1.165, 1.54) is 11.3 Å². The lowest BCUT2D eigenvalue weighted by Gasteiger charge is -2.26. The Morgan fingerprint density at radius 2 is 2.04 bits per heavy atom. The normalized spacial score (nSPS) is 15.0. The van der Waals surface area contributed by atoms with Crippen molar-refractivity contribution in [1.82, 2.24) is 15.2 Å². The molecule has 1 saturated heterocycles. The number of hydrogen-bond acceptors (Lipinski definition) is 5. The Morgan fingerprint density at radius 3 is 2.87 bits per heavy atom. The van der Waals surface area contributed by atoms with E-state index in [4.69, 9.17) is 0 Å². The van der Waals surface area contributed by atoms with Crippen molar-refractivity contribution in [3.05, 3.63) is 41.3 Å². The summed E-state index contributed by atoms with van der Waals surface area (Å²) >= 11 is 3.05. The minimum Gasteiger partial charge on any atom is -0.353 e. The Hall–Kier alpha value is -2.25. The fourth-order valence-corrected chi connectivity index (χ4v) is 4.51. The van der Waals surface area contributed by atoms with Crippen LogP contribution in [0, 0.1) is 0 Å². The van der Waals surface area contributed by atoms with Crippen molar-refractivity contribution in [3.63, 3.8) is 0 Å². The maximum atomic E-state index is 12.5. The fraction of sp³-hybridized carbons (Fsp3) is 0.188. The third-order valence-electron chi connectivity index (χ3n) is 3.65. The minimum atomic E-state index is -0.104. The second kappa shape index (κ2) is 5.75. The van der Waals surface area contributed by atoms with Gasteiger partial charge in [0.1, 0.15) is 5.01 Å². The molecule has 0 saturated carbocycles. The molecule has 5 nitrogen and oxygen atoms in total. The second-order valence-corrected chi connectivity index (χ2v) is 7.34. The molecule has 3 heterocycles. The van der Waals surface area contributed by atoms with Gasteiger partial charge in [-0.25, -0.2) is 4.98 Å². The molecule has 7 heteroatoms. The van der Waals surface area contributed by atoms with Crippen LogP contribution >= 0.6 is 22.7 Å². The molecule has 0 bridgehead atoms. The van der Waals surface area contributed by atoms with Gasteiger partial charge in [-0.2, -0.15) is 0 Å². The van der Waals surface area contributed by atoms with Gasteiger partial charge in [-0.3, -0.25) is 9.59 Å². The second-order valence-electron chi connectivity index (χ2n) is 5.23. The van der Waals surface area contributed by atoms with Gasteiger partial charge in [-0.15, -0.1) is 22.7 Å². The summed E-state index contributed by atoms with van der Waals surface area (Å²) in [5.41, 5.74) is 0.974. The summed E-state index contributed by atoms with van der Waals surface area (Å²) in [7, 11) is 0. The van der Waals surface area contributed by atoms with E-state index in [9.17, 15) is 9.59 Å². The highest BCUT2D eigenvalue weighted by molar-refractivity contribution is 7.26. The van der Waals surface area contributed by atoms with Crippen LogP contribution in [-0.4, -0.2) is 41.3 Å². The topological polar surface area (TPSA) is 62.3 Å². The molecule has 1 fully saturated rings. The molecule has 1 N–H and O–H groups in total. The summed E-state index contributed by atoms with van der Waals surface area (Å²) in [5.74, 6) is -0.190. The van der Waals surface area contributed by atoms with Crippen LogP contribution in [0.1, 0.15) is 9.67 Å². The number of thiophene rings is 1. The standard InChI is InChI=1S/C16H13N3O2S2/c20-14-9-19(8-7-17-14)16(21)13-6-5-12(22-13)15-18-10-3-1-2-4-11(10)23-15/h1-6H,7-9H2,(H,17,20). The van der Waals surface area contributed by atoms with Crippen LogP contribution in [-0.2, 0) is 4.79 Å². The van der Waals surface area contributed by atoms with Crippen molar-refractivity contribution >= 4 is 44.7 Å². The molecule has 23 heavy (non-hydrogen) atoms. The smallest absolute Gasteiger partial charge is 0.264 e.